The van der Waals surface area contributed by atoms with E-state index in [-0.39, 0.29) is 0 Å². The molecule has 0 saturated carbocycles. The zero-order valence-corrected chi connectivity index (χ0v) is 10.9. The molecule has 0 radical (unpaired) electrons. The number of rotatable bonds is 6. The molecule has 0 aromatic carbocycles. The van der Waals surface area contributed by atoms with Gasteiger partial charge in [0.1, 0.15) is 5.69 Å². The van der Waals surface area contributed by atoms with Gasteiger partial charge in [-0.25, -0.2) is 4.98 Å². The minimum absolute atomic E-state index is 0.462. The second-order valence-electron chi connectivity index (χ2n) is 4.50. The van der Waals surface area contributed by atoms with Crippen molar-refractivity contribution in [3.8, 4) is 5.88 Å². The molecule has 1 atom stereocenters. The lowest BCUT2D eigenvalue weighted by Crippen LogP contribution is -2.34. The zero-order valence-electron chi connectivity index (χ0n) is 10.9. The number of ether oxygens (including phenoxy) is 2. The summed E-state index contributed by atoms with van der Waals surface area (Å²) in [6.45, 7) is 2.35. The molecule has 1 aromatic rings. The number of hydrogen-bond acceptors (Lipinski definition) is 5. The Hall–Kier alpha value is -1.20. The van der Waals surface area contributed by atoms with E-state index in [1.807, 2.05) is 0 Å². The molecule has 2 heterocycles. The van der Waals surface area contributed by atoms with Crippen molar-refractivity contribution in [2.75, 3.05) is 20.3 Å². The largest absolute Gasteiger partial charge is 0.480 e. The van der Waals surface area contributed by atoms with Gasteiger partial charge < -0.3 is 14.8 Å². The summed E-state index contributed by atoms with van der Waals surface area (Å²) < 4.78 is 10.8. The summed E-state index contributed by atoms with van der Waals surface area (Å²) in [5.41, 5.74) is 0.761. The van der Waals surface area contributed by atoms with E-state index in [4.69, 9.17) is 9.47 Å². The number of nitrogens with one attached hydrogen (secondary N) is 1. The van der Waals surface area contributed by atoms with Crippen LogP contribution in [0, 0.1) is 0 Å². The Morgan fingerprint density at radius 2 is 2.22 bits per heavy atom. The van der Waals surface area contributed by atoms with Gasteiger partial charge >= 0.3 is 0 Å². The molecule has 5 nitrogen and oxygen atoms in total. The first-order valence-electron chi connectivity index (χ1n) is 6.55. The minimum Gasteiger partial charge on any atom is -0.480 e. The maximum atomic E-state index is 5.64. The molecule has 0 bridgehead atoms. The Labute approximate surface area is 108 Å². The van der Waals surface area contributed by atoms with Gasteiger partial charge in [-0.3, -0.25) is 4.98 Å². The molecule has 1 saturated heterocycles. The van der Waals surface area contributed by atoms with Gasteiger partial charge in [0, 0.05) is 25.0 Å². The van der Waals surface area contributed by atoms with Crippen LogP contribution in [0.15, 0.2) is 12.4 Å². The first-order chi connectivity index (χ1) is 8.90. The van der Waals surface area contributed by atoms with E-state index in [0.29, 0.717) is 18.5 Å². The maximum Gasteiger partial charge on any atom is 0.237 e. The highest BCUT2D eigenvalue weighted by Gasteiger charge is 2.12. The SMILES string of the molecule is COc1nccnc1COCCC1CCCCN1. The summed E-state index contributed by atoms with van der Waals surface area (Å²) in [7, 11) is 1.60. The van der Waals surface area contributed by atoms with E-state index in [1.165, 1.54) is 19.3 Å². The molecule has 5 heteroatoms. The van der Waals surface area contributed by atoms with E-state index < -0.39 is 0 Å². The third kappa shape index (κ3) is 3.92. The van der Waals surface area contributed by atoms with Crippen molar-refractivity contribution in [1.29, 1.82) is 0 Å². The van der Waals surface area contributed by atoms with Crippen LogP contribution >= 0.6 is 0 Å². The van der Waals surface area contributed by atoms with Crippen LogP contribution in [0.2, 0.25) is 0 Å². The summed E-state index contributed by atoms with van der Waals surface area (Å²) in [5, 5.41) is 3.51. The van der Waals surface area contributed by atoms with Crippen LogP contribution in [0.5, 0.6) is 5.88 Å². The number of aromatic nitrogens is 2. The standard InChI is InChI=1S/C13H21N3O2/c1-17-13-12(15-7-8-16-13)10-18-9-5-11-4-2-3-6-14-11/h7-8,11,14H,2-6,9-10H2,1H3. The fourth-order valence-electron chi connectivity index (χ4n) is 2.19. The molecular formula is C13H21N3O2. The van der Waals surface area contributed by atoms with Crippen LogP contribution < -0.4 is 10.1 Å². The van der Waals surface area contributed by atoms with Gasteiger partial charge in [0.15, 0.2) is 0 Å². The van der Waals surface area contributed by atoms with E-state index in [1.54, 1.807) is 19.5 Å². The first-order valence-corrected chi connectivity index (χ1v) is 6.55. The highest BCUT2D eigenvalue weighted by atomic mass is 16.5. The molecule has 0 spiro atoms. The van der Waals surface area contributed by atoms with Crippen molar-refractivity contribution >= 4 is 0 Å². The average molecular weight is 251 g/mol. The van der Waals surface area contributed by atoms with Gasteiger partial charge in [0.25, 0.3) is 0 Å². The summed E-state index contributed by atoms with van der Waals surface area (Å²) in [6, 6.07) is 0.613. The Bertz CT molecular complexity index is 354. The molecule has 1 aliphatic rings. The van der Waals surface area contributed by atoms with Crippen LogP contribution in [0.3, 0.4) is 0 Å². The van der Waals surface area contributed by atoms with E-state index in [0.717, 1.165) is 25.3 Å². The quantitative estimate of drug-likeness (QED) is 0.777. The van der Waals surface area contributed by atoms with Crippen LogP contribution in [0.1, 0.15) is 31.4 Å². The fourth-order valence-corrected chi connectivity index (χ4v) is 2.19. The van der Waals surface area contributed by atoms with Gasteiger partial charge in [-0.15, -0.1) is 0 Å². The summed E-state index contributed by atoms with van der Waals surface area (Å²) in [4.78, 5) is 8.29. The lowest BCUT2D eigenvalue weighted by Gasteiger charge is -2.23. The van der Waals surface area contributed by atoms with Gasteiger partial charge in [-0.2, -0.15) is 0 Å². The smallest absolute Gasteiger partial charge is 0.237 e. The molecule has 1 unspecified atom stereocenters. The molecular weight excluding hydrogens is 230 g/mol. The maximum absolute atomic E-state index is 5.64. The minimum atomic E-state index is 0.462. The second kappa shape index (κ2) is 7.28. The lowest BCUT2D eigenvalue weighted by molar-refractivity contribution is 0.104. The van der Waals surface area contributed by atoms with Crippen molar-refractivity contribution in [1.82, 2.24) is 15.3 Å². The lowest BCUT2D eigenvalue weighted by atomic mass is 10.0. The Morgan fingerprint density at radius 1 is 1.33 bits per heavy atom. The molecule has 0 aliphatic carbocycles. The van der Waals surface area contributed by atoms with Crippen LogP contribution in [0.4, 0.5) is 0 Å². The van der Waals surface area contributed by atoms with E-state index in [2.05, 4.69) is 15.3 Å². The Morgan fingerprint density at radius 3 is 3.00 bits per heavy atom. The summed E-state index contributed by atoms with van der Waals surface area (Å²) >= 11 is 0. The third-order valence-electron chi connectivity index (χ3n) is 3.19. The Kier molecular flexibility index (Phi) is 5.36. The van der Waals surface area contributed by atoms with Crippen molar-refractivity contribution in [3.05, 3.63) is 18.1 Å². The van der Waals surface area contributed by atoms with Gasteiger partial charge in [-0.05, 0) is 25.8 Å². The molecule has 100 valence electrons. The first kappa shape index (κ1) is 13.2. The van der Waals surface area contributed by atoms with Gasteiger partial charge in [0.2, 0.25) is 5.88 Å². The average Bonchev–Trinajstić information content (AvgIpc) is 2.45. The predicted molar refractivity (Wildman–Crippen MR) is 68.5 cm³/mol. The van der Waals surface area contributed by atoms with Crippen LogP contribution in [0.25, 0.3) is 0 Å². The van der Waals surface area contributed by atoms with E-state index in [9.17, 15) is 0 Å². The predicted octanol–water partition coefficient (Wildman–Crippen LogP) is 1.53. The number of hydrogen-bond donors (Lipinski definition) is 1. The molecule has 18 heavy (non-hydrogen) atoms. The molecule has 0 amide bonds. The monoisotopic (exact) mass is 251 g/mol. The fraction of sp³-hybridized carbons (Fsp3) is 0.692. The van der Waals surface area contributed by atoms with Gasteiger partial charge in [0.05, 0.1) is 13.7 Å². The summed E-state index contributed by atoms with van der Waals surface area (Å²) in [6.07, 6.45) is 8.22. The number of methoxy groups -OCH3 is 1. The molecule has 1 fully saturated rings. The van der Waals surface area contributed by atoms with Crippen LogP contribution in [-0.4, -0.2) is 36.3 Å². The Balaban J connectivity index is 1.68. The van der Waals surface area contributed by atoms with Crippen molar-refractivity contribution < 1.29 is 9.47 Å². The highest BCUT2D eigenvalue weighted by Crippen LogP contribution is 2.13. The molecule has 1 N–H and O–H groups in total. The third-order valence-corrected chi connectivity index (χ3v) is 3.19. The van der Waals surface area contributed by atoms with Gasteiger partial charge in [-0.1, -0.05) is 6.42 Å². The van der Waals surface area contributed by atoms with Crippen molar-refractivity contribution in [2.24, 2.45) is 0 Å². The highest BCUT2D eigenvalue weighted by molar-refractivity contribution is 5.15. The number of piperidine rings is 1. The summed E-state index contributed by atoms with van der Waals surface area (Å²) in [5.74, 6) is 0.549. The molecule has 2 rings (SSSR count). The normalized spacial score (nSPS) is 19.7. The molecule has 1 aromatic heterocycles. The molecule has 1 aliphatic heterocycles. The van der Waals surface area contributed by atoms with E-state index >= 15 is 0 Å². The van der Waals surface area contributed by atoms with Crippen molar-refractivity contribution in [3.63, 3.8) is 0 Å². The topological polar surface area (TPSA) is 56.3 Å². The van der Waals surface area contributed by atoms with Crippen LogP contribution in [-0.2, 0) is 11.3 Å². The van der Waals surface area contributed by atoms with Crippen molar-refractivity contribution in [2.45, 2.75) is 38.3 Å². The second-order valence-corrected chi connectivity index (χ2v) is 4.50. The number of nitrogens with zero attached hydrogens (tertiary/aromatic N) is 2. The zero-order chi connectivity index (χ0) is 12.6.